The highest BCUT2D eigenvalue weighted by Gasteiger charge is 2.38. The van der Waals surface area contributed by atoms with E-state index in [-0.39, 0.29) is 11.1 Å². The van der Waals surface area contributed by atoms with Crippen LogP contribution in [0.15, 0.2) is 42.0 Å². The smallest absolute Gasteiger partial charge is 0.335 e. The lowest BCUT2D eigenvalue weighted by Gasteiger charge is -2.47. The standard InChI is InChI=1S/C28H33N3O3/c1-7-19-9-11-21(12-10-19)31-26(33)23(25(32)29-27(31)34)15-20-14-22-18(4)16-28(5,6)30(8-2)24(22)13-17(20)3/h9-15,18H,7-8,16H2,1-6H3,(H,29,32,34)/b23-15+. The minimum absolute atomic E-state index is 0.0432. The molecule has 4 amide bonds. The van der Waals surface area contributed by atoms with Crippen molar-refractivity contribution in [3.05, 3.63) is 64.2 Å². The fourth-order valence-corrected chi connectivity index (χ4v) is 5.33. The van der Waals surface area contributed by atoms with Gasteiger partial charge >= 0.3 is 6.03 Å². The lowest BCUT2D eigenvalue weighted by atomic mass is 9.79. The first-order valence-electron chi connectivity index (χ1n) is 12.0. The Bertz CT molecular complexity index is 1190. The summed E-state index contributed by atoms with van der Waals surface area (Å²) < 4.78 is 0. The molecule has 4 rings (SSSR count). The number of hydrogen-bond donors (Lipinski definition) is 1. The van der Waals surface area contributed by atoms with E-state index in [0.717, 1.165) is 41.0 Å². The molecule has 0 radical (unpaired) electrons. The van der Waals surface area contributed by atoms with E-state index < -0.39 is 17.8 Å². The molecule has 1 atom stereocenters. The summed E-state index contributed by atoms with van der Waals surface area (Å²) in [4.78, 5) is 42.0. The van der Waals surface area contributed by atoms with Gasteiger partial charge in [-0.15, -0.1) is 0 Å². The van der Waals surface area contributed by atoms with Crippen molar-refractivity contribution in [1.82, 2.24) is 5.32 Å². The van der Waals surface area contributed by atoms with Gasteiger partial charge in [0.25, 0.3) is 11.8 Å². The minimum Gasteiger partial charge on any atom is -0.366 e. The second-order valence-electron chi connectivity index (χ2n) is 9.91. The zero-order valence-electron chi connectivity index (χ0n) is 20.9. The van der Waals surface area contributed by atoms with Gasteiger partial charge in [0.2, 0.25) is 0 Å². The molecule has 2 aliphatic heterocycles. The maximum absolute atomic E-state index is 13.3. The molecule has 6 heteroatoms. The summed E-state index contributed by atoms with van der Waals surface area (Å²) >= 11 is 0. The number of urea groups is 1. The van der Waals surface area contributed by atoms with Gasteiger partial charge in [-0.3, -0.25) is 14.9 Å². The number of aryl methyl sites for hydroxylation is 2. The summed E-state index contributed by atoms with van der Waals surface area (Å²) in [6.45, 7) is 13.9. The van der Waals surface area contributed by atoms with Crippen LogP contribution in [-0.4, -0.2) is 29.9 Å². The maximum Gasteiger partial charge on any atom is 0.335 e. The van der Waals surface area contributed by atoms with Crippen molar-refractivity contribution in [2.75, 3.05) is 16.3 Å². The van der Waals surface area contributed by atoms with E-state index in [0.29, 0.717) is 11.6 Å². The summed E-state index contributed by atoms with van der Waals surface area (Å²) in [5, 5.41) is 2.33. The second-order valence-corrected chi connectivity index (χ2v) is 9.91. The van der Waals surface area contributed by atoms with E-state index in [9.17, 15) is 14.4 Å². The minimum atomic E-state index is -0.729. The Hall–Kier alpha value is -3.41. The van der Waals surface area contributed by atoms with Crippen LogP contribution in [0.4, 0.5) is 16.2 Å². The van der Waals surface area contributed by atoms with Gasteiger partial charge in [-0.25, -0.2) is 9.69 Å². The van der Waals surface area contributed by atoms with Gasteiger partial charge in [-0.1, -0.05) is 26.0 Å². The van der Waals surface area contributed by atoms with Crippen LogP contribution >= 0.6 is 0 Å². The van der Waals surface area contributed by atoms with Gasteiger partial charge < -0.3 is 4.90 Å². The lowest BCUT2D eigenvalue weighted by Crippen LogP contribution is -2.54. The number of benzene rings is 2. The zero-order chi connectivity index (χ0) is 24.8. The first-order chi connectivity index (χ1) is 16.1. The van der Waals surface area contributed by atoms with Gasteiger partial charge in [0.1, 0.15) is 5.57 Å². The molecule has 6 nitrogen and oxygen atoms in total. The van der Waals surface area contributed by atoms with Crippen molar-refractivity contribution in [2.24, 2.45) is 0 Å². The van der Waals surface area contributed by atoms with Crippen LogP contribution in [0.3, 0.4) is 0 Å². The van der Waals surface area contributed by atoms with Gasteiger partial charge in [-0.05, 0) is 99.0 Å². The molecule has 34 heavy (non-hydrogen) atoms. The molecule has 0 aliphatic carbocycles. The molecule has 1 N–H and O–H groups in total. The average Bonchev–Trinajstić information content (AvgIpc) is 2.77. The molecule has 1 fully saturated rings. The average molecular weight is 460 g/mol. The molecule has 2 aromatic rings. The highest BCUT2D eigenvalue weighted by Crippen LogP contribution is 2.44. The van der Waals surface area contributed by atoms with E-state index in [2.05, 4.69) is 50.0 Å². The number of nitrogens with one attached hydrogen (secondary N) is 1. The topological polar surface area (TPSA) is 69.7 Å². The molecular weight excluding hydrogens is 426 g/mol. The Kier molecular flexibility index (Phi) is 6.11. The first kappa shape index (κ1) is 23.7. The fraction of sp³-hybridized carbons (Fsp3) is 0.393. The van der Waals surface area contributed by atoms with E-state index in [4.69, 9.17) is 0 Å². The monoisotopic (exact) mass is 459 g/mol. The van der Waals surface area contributed by atoms with Crippen molar-refractivity contribution in [3.8, 4) is 0 Å². The molecule has 0 saturated carbocycles. The Balaban J connectivity index is 1.75. The Morgan fingerprint density at radius 3 is 2.38 bits per heavy atom. The third kappa shape index (κ3) is 4.02. The van der Waals surface area contributed by atoms with Crippen molar-refractivity contribution in [1.29, 1.82) is 0 Å². The number of barbiturate groups is 1. The number of fused-ring (bicyclic) bond motifs is 1. The second kappa shape index (κ2) is 8.75. The normalized spacial score (nSPS) is 21.1. The summed E-state index contributed by atoms with van der Waals surface area (Å²) in [5.74, 6) is -0.936. The Labute approximate surface area is 201 Å². The molecular formula is C28H33N3O3. The summed E-state index contributed by atoms with van der Waals surface area (Å²) in [6, 6.07) is 10.7. The van der Waals surface area contributed by atoms with Gasteiger partial charge in [-0.2, -0.15) is 0 Å². The molecule has 0 spiro atoms. The molecule has 2 aliphatic rings. The van der Waals surface area contributed by atoms with E-state index in [1.165, 1.54) is 11.3 Å². The molecule has 1 saturated heterocycles. The lowest BCUT2D eigenvalue weighted by molar-refractivity contribution is -0.122. The molecule has 1 unspecified atom stereocenters. The van der Waals surface area contributed by atoms with Crippen LogP contribution in [-0.2, 0) is 16.0 Å². The number of nitrogens with zero attached hydrogens (tertiary/aromatic N) is 2. The number of anilines is 2. The van der Waals surface area contributed by atoms with Gasteiger partial charge in [0, 0.05) is 17.8 Å². The van der Waals surface area contributed by atoms with E-state index in [1.807, 2.05) is 26.0 Å². The van der Waals surface area contributed by atoms with Crippen molar-refractivity contribution < 1.29 is 14.4 Å². The predicted octanol–water partition coefficient (Wildman–Crippen LogP) is 5.34. The van der Waals surface area contributed by atoms with E-state index >= 15 is 0 Å². The molecule has 0 bridgehead atoms. The number of amides is 4. The number of carbonyl (C=O) groups excluding carboxylic acids is 3. The third-order valence-corrected chi connectivity index (χ3v) is 7.09. The first-order valence-corrected chi connectivity index (χ1v) is 12.0. The van der Waals surface area contributed by atoms with Crippen LogP contribution in [0.25, 0.3) is 6.08 Å². The van der Waals surface area contributed by atoms with Crippen molar-refractivity contribution >= 4 is 35.3 Å². The largest absolute Gasteiger partial charge is 0.366 e. The summed E-state index contributed by atoms with van der Waals surface area (Å²) in [5.41, 5.74) is 5.77. The Morgan fingerprint density at radius 2 is 1.76 bits per heavy atom. The van der Waals surface area contributed by atoms with Crippen LogP contribution in [0.5, 0.6) is 0 Å². The van der Waals surface area contributed by atoms with E-state index in [1.54, 1.807) is 18.2 Å². The van der Waals surface area contributed by atoms with Crippen LogP contribution in [0.2, 0.25) is 0 Å². The molecule has 2 aromatic carbocycles. The Morgan fingerprint density at radius 1 is 1.09 bits per heavy atom. The molecule has 0 aromatic heterocycles. The molecule has 178 valence electrons. The van der Waals surface area contributed by atoms with Crippen molar-refractivity contribution in [2.45, 2.75) is 65.8 Å². The highest BCUT2D eigenvalue weighted by atomic mass is 16.2. The SMILES string of the molecule is CCc1ccc(N2C(=O)NC(=O)/C(=C\c3cc4c(cc3C)N(CC)C(C)(C)CC4C)C2=O)cc1. The quantitative estimate of drug-likeness (QED) is 0.495. The highest BCUT2D eigenvalue weighted by molar-refractivity contribution is 6.39. The number of hydrogen-bond acceptors (Lipinski definition) is 4. The number of imide groups is 2. The zero-order valence-corrected chi connectivity index (χ0v) is 20.9. The molecule has 2 heterocycles. The van der Waals surface area contributed by atoms with Crippen LogP contribution < -0.4 is 15.1 Å². The maximum atomic E-state index is 13.3. The fourth-order valence-electron chi connectivity index (χ4n) is 5.33. The van der Waals surface area contributed by atoms with Crippen molar-refractivity contribution in [3.63, 3.8) is 0 Å². The summed E-state index contributed by atoms with van der Waals surface area (Å²) in [7, 11) is 0. The van der Waals surface area contributed by atoms with Gasteiger partial charge in [0.05, 0.1) is 5.69 Å². The van der Waals surface area contributed by atoms with Crippen LogP contribution in [0.1, 0.15) is 69.2 Å². The summed E-state index contributed by atoms with van der Waals surface area (Å²) in [6.07, 6.45) is 3.49. The van der Waals surface area contributed by atoms with Gasteiger partial charge in [0.15, 0.2) is 0 Å². The number of rotatable bonds is 4. The predicted molar refractivity (Wildman–Crippen MR) is 136 cm³/mol. The number of carbonyl (C=O) groups is 3. The van der Waals surface area contributed by atoms with Crippen LogP contribution in [0, 0.1) is 6.92 Å². The third-order valence-electron chi connectivity index (χ3n) is 7.09.